The Morgan fingerprint density at radius 2 is 1.88 bits per heavy atom. The molecule has 2 aromatic rings. The van der Waals surface area contributed by atoms with Crippen molar-refractivity contribution in [3.8, 4) is 5.75 Å². The molecule has 0 saturated heterocycles. The van der Waals surface area contributed by atoms with Crippen LogP contribution in [0.25, 0.3) is 6.08 Å². The summed E-state index contributed by atoms with van der Waals surface area (Å²) < 4.78 is 5.28. The van der Waals surface area contributed by atoms with E-state index in [1.54, 1.807) is 30.3 Å². The fraction of sp³-hybridized carbons (Fsp3) is 0.0556. The van der Waals surface area contributed by atoms with Crippen molar-refractivity contribution in [1.29, 1.82) is 0 Å². The molecule has 0 aromatic heterocycles. The van der Waals surface area contributed by atoms with Gasteiger partial charge in [-0.3, -0.25) is 9.59 Å². The SMILES string of the molecule is O=C(COc1ccccc1)NN=C=C1C=c2ccccc2=NC1=O. The molecule has 2 aromatic carbocycles. The molecule has 0 aliphatic carbocycles. The lowest BCUT2D eigenvalue weighted by Gasteiger charge is -2.03. The Hall–Kier alpha value is -3.50. The molecule has 2 amide bonds. The maximum absolute atomic E-state index is 11.8. The first kappa shape index (κ1) is 15.4. The van der Waals surface area contributed by atoms with E-state index in [1.165, 1.54) is 0 Å². The topological polar surface area (TPSA) is 80.1 Å². The van der Waals surface area contributed by atoms with E-state index in [-0.39, 0.29) is 12.2 Å². The second-order valence-electron chi connectivity index (χ2n) is 4.89. The van der Waals surface area contributed by atoms with Crippen molar-refractivity contribution in [2.75, 3.05) is 6.61 Å². The predicted molar refractivity (Wildman–Crippen MR) is 87.7 cm³/mol. The molecule has 1 aliphatic heterocycles. The highest BCUT2D eigenvalue weighted by molar-refractivity contribution is 6.10. The third kappa shape index (κ3) is 3.82. The molecule has 1 N–H and O–H groups in total. The number of nitrogens with one attached hydrogen (secondary N) is 1. The van der Waals surface area contributed by atoms with E-state index in [4.69, 9.17) is 4.74 Å². The molecular formula is C18H13N3O3. The van der Waals surface area contributed by atoms with Crippen LogP contribution in [0.4, 0.5) is 0 Å². The molecule has 0 fully saturated rings. The number of amides is 2. The van der Waals surface area contributed by atoms with E-state index >= 15 is 0 Å². The molecule has 1 heterocycles. The normalized spacial score (nSPS) is 12.2. The number of fused-ring (bicyclic) bond motifs is 1. The molecule has 118 valence electrons. The first-order valence-electron chi connectivity index (χ1n) is 7.21. The summed E-state index contributed by atoms with van der Waals surface area (Å²) >= 11 is 0. The molecule has 0 radical (unpaired) electrons. The summed E-state index contributed by atoms with van der Waals surface area (Å²) in [5.41, 5.74) is 2.44. The van der Waals surface area contributed by atoms with Crippen LogP contribution in [-0.4, -0.2) is 24.3 Å². The minimum atomic E-state index is -0.452. The number of hydrogen-bond donors (Lipinski definition) is 1. The van der Waals surface area contributed by atoms with Crippen molar-refractivity contribution >= 4 is 23.8 Å². The standard InChI is InChI=1S/C18H13N3O3/c22-17(12-24-15-7-2-1-3-8-15)21-19-11-14-10-13-6-4-5-9-16(13)20-18(14)23/h1-10H,12H2,(H,21,22). The molecule has 0 atom stereocenters. The molecular weight excluding hydrogens is 306 g/mol. The number of hydrogen-bond acceptors (Lipinski definition) is 4. The Kier molecular flexibility index (Phi) is 4.60. The number of ether oxygens (including phenoxy) is 1. The lowest BCUT2D eigenvalue weighted by Crippen LogP contribution is -2.30. The highest BCUT2D eigenvalue weighted by atomic mass is 16.5. The fourth-order valence-corrected chi connectivity index (χ4v) is 2.03. The highest BCUT2D eigenvalue weighted by Gasteiger charge is 2.09. The number of hydrazone groups is 1. The molecule has 1 aliphatic rings. The average molecular weight is 319 g/mol. The molecule has 6 heteroatoms. The summed E-state index contributed by atoms with van der Waals surface area (Å²) in [6, 6.07) is 16.2. The predicted octanol–water partition coefficient (Wildman–Crippen LogP) is 0.333. The number of benzene rings is 2. The smallest absolute Gasteiger partial charge is 0.287 e. The van der Waals surface area contributed by atoms with Gasteiger partial charge in [-0.25, -0.2) is 10.4 Å². The zero-order chi connectivity index (χ0) is 16.8. The largest absolute Gasteiger partial charge is 0.484 e. The van der Waals surface area contributed by atoms with Crippen molar-refractivity contribution in [2.45, 2.75) is 0 Å². The van der Waals surface area contributed by atoms with Crippen LogP contribution >= 0.6 is 0 Å². The third-order valence-electron chi connectivity index (χ3n) is 3.16. The maximum Gasteiger partial charge on any atom is 0.287 e. The maximum atomic E-state index is 11.8. The van der Waals surface area contributed by atoms with E-state index < -0.39 is 11.8 Å². The van der Waals surface area contributed by atoms with Gasteiger partial charge in [-0.05, 0) is 24.3 Å². The van der Waals surface area contributed by atoms with E-state index in [2.05, 4.69) is 21.4 Å². The van der Waals surface area contributed by atoms with Crippen molar-refractivity contribution in [3.05, 3.63) is 70.7 Å². The number of nitrogens with zero attached hydrogens (tertiary/aromatic N) is 2. The molecule has 24 heavy (non-hydrogen) atoms. The minimum Gasteiger partial charge on any atom is -0.484 e. The van der Waals surface area contributed by atoms with E-state index in [0.29, 0.717) is 11.1 Å². The van der Waals surface area contributed by atoms with Gasteiger partial charge in [-0.1, -0.05) is 36.4 Å². The zero-order valence-corrected chi connectivity index (χ0v) is 12.6. The van der Waals surface area contributed by atoms with Gasteiger partial charge in [0.15, 0.2) is 6.61 Å². The van der Waals surface area contributed by atoms with Crippen LogP contribution in [-0.2, 0) is 9.59 Å². The molecule has 3 rings (SSSR count). The van der Waals surface area contributed by atoms with Gasteiger partial charge >= 0.3 is 0 Å². The van der Waals surface area contributed by atoms with Crippen LogP contribution in [0, 0.1) is 0 Å². The summed E-state index contributed by atoms with van der Waals surface area (Å²) in [4.78, 5) is 27.4. The number of para-hydroxylation sites is 2. The number of carbonyl (C=O) groups is 2. The van der Waals surface area contributed by atoms with Gasteiger partial charge in [0, 0.05) is 11.1 Å². The Morgan fingerprint density at radius 3 is 2.71 bits per heavy atom. The number of carbonyl (C=O) groups excluding carboxylic acids is 2. The number of rotatable bonds is 4. The van der Waals surface area contributed by atoms with Crippen LogP contribution in [0.2, 0.25) is 0 Å². The monoisotopic (exact) mass is 319 g/mol. The van der Waals surface area contributed by atoms with Crippen molar-refractivity contribution in [1.82, 2.24) is 5.43 Å². The fourth-order valence-electron chi connectivity index (χ4n) is 2.03. The quantitative estimate of drug-likeness (QED) is 0.501. The van der Waals surface area contributed by atoms with Crippen LogP contribution in [0.5, 0.6) is 5.75 Å². The summed E-state index contributed by atoms with van der Waals surface area (Å²) in [6.07, 6.45) is 1.63. The lowest BCUT2D eigenvalue weighted by molar-refractivity contribution is -0.123. The van der Waals surface area contributed by atoms with Crippen LogP contribution in [0.15, 0.2) is 70.3 Å². The first-order chi connectivity index (χ1) is 11.7. The van der Waals surface area contributed by atoms with Crippen molar-refractivity contribution in [2.24, 2.45) is 10.1 Å². The van der Waals surface area contributed by atoms with Crippen LogP contribution in [0.3, 0.4) is 0 Å². The molecule has 0 bridgehead atoms. The van der Waals surface area contributed by atoms with Gasteiger partial charge in [-0.2, -0.15) is 0 Å². The third-order valence-corrected chi connectivity index (χ3v) is 3.16. The summed E-state index contributed by atoms with van der Waals surface area (Å²) in [5.74, 6) is 2.18. The highest BCUT2D eigenvalue weighted by Crippen LogP contribution is 2.07. The van der Waals surface area contributed by atoms with Crippen LogP contribution in [0.1, 0.15) is 0 Å². The van der Waals surface area contributed by atoms with Crippen LogP contribution < -0.4 is 20.7 Å². The Labute approximate surface area is 137 Å². The van der Waals surface area contributed by atoms with E-state index in [9.17, 15) is 9.59 Å². The van der Waals surface area contributed by atoms with Crippen molar-refractivity contribution < 1.29 is 14.3 Å². The summed E-state index contributed by atoms with van der Waals surface area (Å²) in [5, 5.41) is 5.06. The first-order valence-corrected chi connectivity index (χ1v) is 7.21. The van der Waals surface area contributed by atoms with Gasteiger partial charge < -0.3 is 4.74 Å². The average Bonchev–Trinajstić information content (AvgIpc) is 2.61. The summed E-state index contributed by atoms with van der Waals surface area (Å²) in [6.45, 7) is -0.185. The van der Waals surface area contributed by atoms with E-state index in [1.807, 2.05) is 30.3 Å². The second-order valence-corrected chi connectivity index (χ2v) is 4.89. The van der Waals surface area contributed by atoms with Gasteiger partial charge in [0.05, 0.1) is 5.36 Å². The van der Waals surface area contributed by atoms with Gasteiger partial charge in [0.1, 0.15) is 11.3 Å². The van der Waals surface area contributed by atoms with Gasteiger partial charge in [-0.15, -0.1) is 5.10 Å². The van der Waals surface area contributed by atoms with Crippen molar-refractivity contribution in [3.63, 3.8) is 0 Å². The zero-order valence-electron chi connectivity index (χ0n) is 12.6. The summed E-state index contributed by atoms with van der Waals surface area (Å²) in [7, 11) is 0. The molecule has 0 saturated carbocycles. The van der Waals surface area contributed by atoms with E-state index in [0.717, 1.165) is 5.22 Å². The molecule has 0 spiro atoms. The molecule has 6 nitrogen and oxygen atoms in total. The van der Waals surface area contributed by atoms with Gasteiger partial charge in [0.2, 0.25) is 0 Å². The second kappa shape index (κ2) is 7.17. The Bertz CT molecular complexity index is 959. The Morgan fingerprint density at radius 1 is 1.12 bits per heavy atom. The Balaban J connectivity index is 1.65. The molecule has 0 unspecified atom stereocenters. The lowest BCUT2D eigenvalue weighted by atomic mass is 10.1. The minimum absolute atomic E-state index is 0.179. The van der Waals surface area contributed by atoms with Gasteiger partial charge in [0.25, 0.3) is 11.8 Å².